The van der Waals surface area contributed by atoms with Gasteiger partial charge in [0.2, 0.25) is 11.9 Å². The van der Waals surface area contributed by atoms with Crippen LogP contribution in [0.1, 0.15) is 43.5 Å². The van der Waals surface area contributed by atoms with Gasteiger partial charge in [-0.3, -0.25) is 9.69 Å². The van der Waals surface area contributed by atoms with Gasteiger partial charge >= 0.3 is 0 Å². The molecule has 2 fully saturated rings. The number of hydrogen-bond donors (Lipinski definition) is 2. The fraction of sp³-hybridized carbons (Fsp3) is 0.393. The molecule has 1 amide bonds. The summed E-state index contributed by atoms with van der Waals surface area (Å²) in [5, 5.41) is 3.33. The van der Waals surface area contributed by atoms with E-state index >= 15 is 0 Å². The highest BCUT2D eigenvalue weighted by molar-refractivity contribution is 5.83. The molecule has 4 heterocycles. The van der Waals surface area contributed by atoms with Crippen LogP contribution in [-0.4, -0.2) is 66.8 Å². The maximum atomic E-state index is 12.5. The minimum atomic E-state index is 0.235. The molecule has 2 N–H and O–H groups in total. The largest absolute Gasteiger partial charge is 0.340 e. The number of fused-ring (bicyclic) bond motifs is 1. The number of piperazine rings is 1. The van der Waals surface area contributed by atoms with Crippen molar-refractivity contribution < 1.29 is 4.79 Å². The standard InChI is InChI=1S/C28H32N8O/c1-18-13-24(31-17-30-18)22-5-6-23-25(15-22)33-28(32-23)34-26-16-21(7-8-29-26)19(2)35-9-11-36(12-10-35)27(37)14-20-3-4-20/h5-8,13,15-17,19-20H,3-4,9-12,14H2,1-2H3,(H2,29,32,33,34). The zero-order valence-electron chi connectivity index (χ0n) is 21.3. The molecule has 1 aromatic carbocycles. The molecule has 3 aromatic heterocycles. The van der Waals surface area contributed by atoms with E-state index in [4.69, 9.17) is 0 Å². The van der Waals surface area contributed by atoms with Gasteiger partial charge in [0.05, 0.1) is 16.7 Å². The van der Waals surface area contributed by atoms with Crippen LogP contribution in [0.15, 0.2) is 48.9 Å². The van der Waals surface area contributed by atoms with Crippen molar-refractivity contribution in [1.29, 1.82) is 0 Å². The number of aryl methyl sites for hydroxylation is 1. The molecule has 1 aliphatic heterocycles. The summed E-state index contributed by atoms with van der Waals surface area (Å²) >= 11 is 0. The van der Waals surface area contributed by atoms with Crippen LogP contribution < -0.4 is 5.32 Å². The average molecular weight is 497 g/mol. The van der Waals surface area contributed by atoms with Crippen LogP contribution >= 0.6 is 0 Å². The normalized spacial score (nSPS) is 17.2. The van der Waals surface area contributed by atoms with E-state index in [1.54, 1.807) is 6.33 Å². The van der Waals surface area contributed by atoms with Gasteiger partial charge in [0.25, 0.3) is 0 Å². The first-order chi connectivity index (χ1) is 18.0. The number of benzene rings is 1. The Morgan fingerprint density at radius 1 is 1.08 bits per heavy atom. The number of rotatable bonds is 7. The number of amides is 1. The number of aromatic amines is 1. The summed E-state index contributed by atoms with van der Waals surface area (Å²) in [6.45, 7) is 7.57. The highest BCUT2D eigenvalue weighted by Crippen LogP contribution is 2.33. The molecule has 1 atom stereocenters. The fourth-order valence-corrected chi connectivity index (χ4v) is 5.00. The van der Waals surface area contributed by atoms with Gasteiger partial charge in [-0.25, -0.2) is 19.9 Å². The van der Waals surface area contributed by atoms with Gasteiger partial charge in [-0.05, 0) is 68.5 Å². The van der Waals surface area contributed by atoms with Crippen LogP contribution in [0.2, 0.25) is 0 Å². The Morgan fingerprint density at radius 2 is 1.92 bits per heavy atom. The zero-order chi connectivity index (χ0) is 25.4. The molecule has 1 saturated carbocycles. The molecule has 0 spiro atoms. The van der Waals surface area contributed by atoms with Crippen molar-refractivity contribution in [2.45, 2.75) is 39.2 Å². The molecule has 0 radical (unpaired) electrons. The van der Waals surface area contributed by atoms with E-state index in [0.29, 0.717) is 17.8 Å². The van der Waals surface area contributed by atoms with E-state index in [1.807, 2.05) is 36.2 Å². The zero-order valence-corrected chi connectivity index (χ0v) is 21.3. The number of H-pyrrole nitrogens is 1. The lowest BCUT2D eigenvalue weighted by molar-refractivity contribution is -0.133. The lowest BCUT2D eigenvalue weighted by atomic mass is 10.1. The minimum absolute atomic E-state index is 0.235. The van der Waals surface area contributed by atoms with Crippen molar-refractivity contribution >= 4 is 28.7 Å². The number of carbonyl (C=O) groups excluding carboxylic acids is 1. The monoisotopic (exact) mass is 496 g/mol. The lowest BCUT2D eigenvalue weighted by Gasteiger charge is -2.38. The van der Waals surface area contributed by atoms with Gasteiger partial charge in [-0.2, -0.15) is 0 Å². The number of pyridine rings is 1. The third-order valence-corrected chi connectivity index (χ3v) is 7.47. The first-order valence-corrected chi connectivity index (χ1v) is 13.1. The summed E-state index contributed by atoms with van der Waals surface area (Å²) in [5.41, 5.74) is 5.81. The number of hydrogen-bond acceptors (Lipinski definition) is 7. The topological polar surface area (TPSA) is 103 Å². The van der Waals surface area contributed by atoms with Gasteiger partial charge in [0, 0.05) is 56.1 Å². The summed E-state index contributed by atoms with van der Waals surface area (Å²) in [7, 11) is 0. The van der Waals surface area contributed by atoms with E-state index < -0.39 is 0 Å². The van der Waals surface area contributed by atoms with Gasteiger partial charge in [-0.1, -0.05) is 6.07 Å². The summed E-state index contributed by atoms with van der Waals surface area (Å²) < 4.78 is 0. The molecular formula is C28H32N8O. The highest BCUT2D eigenvalue weighted by Gasteiger charge is 2.29. The molecule has 2 aliphatic rings. The van der Waals surface area contributed by atoms with Gasteiger partial charge < -0.3 is 15.2 Å². The number of imidazole rings is 1. The van der Waals surface area contributed by atoms with Gasteiger partial charge in [0.15, 0.2) is 0 Å². The molecule has 1 saturated heterocycles. The predicted molar refractivity (Wildman–Crippen MR) is 143 cm³/mol. The SMILES string of the molecule is Cc1cc(-c2ccc3nc(Nc4cc(C(C)N5CCN(C(=O)CC6CC6)CC5)ccn4)[nH]c3c2)ncn1. The summed E-state index contributed by atoms with van der Waals surface area (Å²) in [6.07, 6.45) is 6.60. The first-order valence-electron chi connectivity index (χ1n) is 13.1. The van der Waals surface area contributed by atoms with Crippen LogP contribution in [-0.2, 0) is 4.79 Å². The summed E-state index contributed by atoms with van der Waals surface area (Å²) in [6, 6.07) is 12.4. The quantitative estimate of drug-likeness (QED) is 0.389. The molecule has 9 heteroatoms. The van der Waals surface area contributed by atoms with Crippen molar-refractivity contribution in [3.05, 3.63) is 60.2 Å². The fourth-order valence-electron chi connectivity index (χ4n) is 5.00. The molecule has 1 aliphatic carbocycles. The second kappa shape index (κ2) is 9.89. The molecule has 1 unspecified atom stereocenters. The van der Waals surface area contributed by atoms with E-state index in [9.17, 15) is 4.79 Å². The van der Waals surface area contributed by atoms with Crippen molar-refractivity contribution in [2.75, 3.05) is 31.5 Å². The Balaban J connectivity index is 1.12. The van der Waals surface area contributed by atoms with Crippen LogP contribution in [0, 0.1) is 12.8 Å². The predicted octanol–water partition coefficient (Wildman–Crippen LogP) is 4.47. The van der Waals surface area contributed by atoms with Crippen LogP contribution in [0.4, 0.5) is 11.8 Å². The average Bonchev–Trinajstić information content (AvgIpc) is 3.64. The first kappa shape index (κ1) is 23.5. The van der Waals surface area contributed by atoms with E-state index in [0.717, 1.165) is 66.4 Å². The number of carbonyl (C=O) groups is 1. The van der Waals surface area contributed by atoms with Crippen molar-refractivity contribution in [1.82, 2.24) is 34.7 Å². The van der Waals surface area contributed by atoms with Gasteiger partial charge in [-0.15, -0.1) is 0 Å². The summed E-state index contributed by atoms with van der Waals surface area (Å²) in [4.78, 5) is 38.1. The number of anilines is 2. The third-order valence-electron chi connectivity index (χ3n) is 7.47. The maximum Gasteiger partial charge on any atom is 0.222 e. The van der Waals surface area contributed by atoms with Gasteiger partial charge in [0.1, 0.15) is 12.1 Å². The Kier molecular flexibility index (Phi) is 6.30. The van der Waals surface area contributed by atoms with E-state index in [-0.39, 0.29) is 6.04 Å². The highest BCUT2D eigenvalue weighted by atomic mass is 16.2. The number of aromatic nitrogens is 5. The maximum absolute atomic E-state index is 12.5. The van der Waals surface area contributed by atoms with Crippen molar-refractivity contribution in [3.63, 3.8) is 0 Å². The smallest absolute Gasteiger partial charge is 0.222 e. The van der Waals surface area contributed by atoms with Crippen molar-refractivity contribution in [3.8, 4) is 11.3 Å². The van der Waals surface area contributed by atoms with E-state index in [1.165, 1.54) is 18.4 Å². The van der Waals surface area contributed by atoms with Crippen LogP contribution in [0.3, 0.4) is 0 Å². The summed E-state index contributed by atoms with van der Waals surface area (Å²) in [5.74, 6) is 2.36. The molecular weight excluding hydrogens is 464 g/mol. The van der Waals surface area contributed by atoms with E-state index in [2.05, 4.69) is 60.3 Å². The Bertz CT molecular complexity index is 1420. The molecule has 0 bridgehead atoms. The molecule has 37 heavy (non-hydrogen) atoms. The lowest BCUT2D eigenvalue weighted by Crippen LogP contribution is -2.49. The second-order valence-corrected chi connectivity index (χ2v) is 10.2. The minimum Gasteiger partial charge on any atom is -0.340 e. The van der Waals surface area contributed by atoms with Crippen LogP contribution in [0.25, 0.3) is 22.3 Å². The molecule has 9 nitrogen and oxygen atoms in total. The van der Waals surface area contributed by atoms with Crippen LogP contribution in [0.5, 0.6) is 0 Å². The van der Waals surface area contributed by atoms with Crippen molar-refractivity contribution in [2.24, 2.45) is 5.92 Å². The Hall–Kier alpha value is -3.85. The Morgan fingerprint density at radius 3 is 2.70 bits per heavy atom. The number of nitrogens with one attached hydrogen (secondary N) is 2. The molecule has 190 valence electrons. The third kappa shape index (κ3) is 5.32. The molecule has 6 rings (SSSR count). The molecule has 4 aromatic rings. The number of nitrogens with zero attached hydrogens (tertiary/aromatic N) is 6. The Labute approximate surface area is 216 Å². The second-order valence-electron chi connectivity index (χ2n) is 10.2.